The lowest BCUT2D eigenvalue weighted by Crippen LogP contribution is -2.39. The van der Waals surface area contributed by atoms with Crippen LogP contribution < -0.4 is 0 Å². The van der Waals surface area contributed by atoms with Gasteiger partial charge in [-0.15, -0.1) is 0 Å². The molecule has 0 saturated heterocycles. The lowest BCUT2D eigenvalue weighted by molar-refractivity contribution is -0.156. The van der Waals surface area contributed by atoms with E-state index in [4.69, 9.17) is 15.3 Å². The van der Waals surface area contributed by atoms with Crippen molar-refractivity contribution in [1.82, 2.24) is 0 Å². The molecule has 1 unspecified atom stereocenters. The van der Waals surface area contributed by atoms with Crippen molar-refractivity contribution >= 4 is 11.9 Å². The molecule has 0 heterocycles. The van der Waals surface area contributed by atoms with Crippen LogP contribution in [0.15, 0.2) is 12.2 Å². The summed E-state index contributed by atoms with van der Waals surface area (Å²) < 4.78 is 0. The Hall–Kier alpha value is -1.36. The summed E-state index contributed by atoms with van der Waals surface area (Å²) in [6.07, 6.45) is 0. The second-order valence-corrected chi connectivity index (χ2v) is 2.16. The van der Waals surface area contributed by atoms with Crippen molar-refractivity contribution < 1.29 is 24.9 Å². The average Bonchev–Trinajstić information content (AvgIpc) is 1.85. The summed E-state index contributed by atoms with van der Waals surface area (Å²) in [7, 11) is 0. The Kier molecular flexibility index (Phi) is 2.38. The molecule has 1 atom stereocenters. The molecule has 0 aliphatic rings. The normalized spacial score (nSPS) is 15.1. The van der Waals surface area contributed by atoms with Crippen LogP contribution in [0, 0.1) is 0 Å². The number of hydrogen-bond acceptors (Lipinski definition) is 3. The molecule has 0 rings (SSSR count). The topological polar surface area (TPSA) is 94.8 Å². The molecule has 0 aromatic carbocycles. The minimum atomic E-state index is -2.40. The zero-order valence-electron chi connectivity index (χ0n) is 5.87. The van der Waals surface area contributed by atoms with Crippen LogP contribution >= 0.6 is 0 Å². The maximum Gasteiger partial charge on any atom is 0.340 e. The number of carbonyl (C=O) groups is 2. The fourth-order valence-corrected chi connectivity index (χ4v) is 0.337. The summed E-state index contributed by atoms with van der Waals surface area (Å²) in [6.45, 7) is 3.77. The molecule has 11 heavy (non-hydrogen) atoms. The van der Waals surface area contributed by atoms with Gasteiger partial charge in [0.05, 0.1) is 5.57 Å². The zero-order chi connectivity index (χ0) is 9.23. The molecule has 0 fully saturated rings. The predicted molar refractivity (Wildman–Crippen MR) is 35.0 cm³/mol. The number of carboxylic acids is 2. The third-order valence-corrected chi connectivity index (χ3v) is 1.26. The summed E-state index contributed by atoms with van der Waals surface area (Å²) in [5, 5.41) is 25.5. The van der Waals surface area contributed by atoms with Crippen molar-refractivity contribution in [3.8, 4) is 0 Å². The Balaban J connectivity index is 4.70. The molecule has 5 heteroatoms. The average molecular weight is 160 g/mol. The van der Waals surface area contributed by atoms with Gasteiger partial charge < -0.3 is 15.3 Å². The van der Waals surface area contributed by atoms with Crippen LogP contribution in [0.25, 0.3) is 0 Å². The molecular formula is C6H8O5. The first-order chi connectivity index (χ1) is 4.80. The van der Waals surface area contributed by atoms with E-state index in [-0.39, 0.29) is 0 Å². The van der Waals surface area contributed by atoms with Gasteiger partial charge in [-0.2, -0.15) is 0 Å². The number of rotatable bonds is 3. The van der Waals surface area contributed by atoms with Gasteiger partial charge in [0, 0.05) is 0 Å². The van der Waals surface area contributed by atoms with Gasteiger partial charge in [-0.3, -0.25) is 0 Å². The Morgan fingerprint density at radius 1 is 1.36 bits per heavy atom. The fraction of sp³-hybridized carbons (Fsp3) is 0.333. The SMILES string of the molecule is C=C(C(=O)O)C(C)(O)C(=O)O. The van der Waals surface area contributed by atoms with Gasteiger partial charge in [-0.25, -0.2) is 9.59 Å². The largest absolute Gasteiger partial charge is 0.479 e. The highest BCUT2D eigenvalue weighted by Crippen LogP contribution is 2.14. The zero-order valence-corrected chi connectivity index (χ0v) is 5.87. The Morgan fingerprint density at radius 3 is 1.82 bits per heavy atom. The van der Waals surface area contributed by atoms with Gasteiger partial charge in [0.2, 0.25) is 0 Å². The third-order valence-electron chi connectivity index (χ3n) is 1.26. The van der Waals surface area contributed by atoms with Gasteiger partial charge in [0.25, 0.3) is 0 Å². The van der Waals surface area contributed by atoms with Crippen LogP contribution in [0.5, 0.6) is 0 Å². The van der Waals surface area contributed by atoms with Gasteiger partial charge in [-0.1, -0.05) is 6.58 Å². The number of hydrogen-bond donors (Lipinski definition) is 3. The van der Waals surface area contributed by atoms with Crippen LogP contribution in [0.2, 0.25) is 0 Å². The van der Waals surface area contributed by atoms with Crippen molar-refractivity contribution in [2.45, 2.75) is 12.5 Å². The molecule has 0 aliphatic heterocycles. The van der Waals surface area contributed by atoms with E-state index in [9.17, 15) is 9.59 Å². The molecule has 0 aromatic rings. The Bertz CT molecular complexity index is 215. The van der Waals surface area contributed by atoms with Gasteiger partial charge >= 0.3 is 11.9 Å². The van der Waals surface area contributed by atoms with Gasteiger partial charge in [-0.05, 0) is 6.92 Å². The highest BCUT2D eigenvalue weighted by atomic mass is 16.4. The van der Waals surface area contributed by atoms with E-state index in [1.54, 1.807) is 0 Å². The van der Waals surface area contributed by atoms with Gasteiger partial charge in [0.15, 0.2) is 5.60 Å². The maximum absolute atomic E-state index is 10.2. The van der Waals surface area contributed by atoms with Crippen LogP contribution in [0.1, 0.15) is 6.92 Å². The molecule has 3 N–H and O–H groups in total. The van der Waals surface area contributed by atoms with Crippen molar-refractivity contribution in [3.63, 3.8) is 0 Å². The fourth-order valence-electron chi connectivity index (χ4n) is 0.337. The van der Waals surface area contributed by atoms with E-state index in [2.05, 4.69) is 6.58 Å². The standard InChI is InChI=1S/C6H8O5/c1-3(4(7)8)6(2,11)5(9)10/h11H,1H2,2H3,(H,7,8)(H,9,10). The highest BCUT2D eigenvalue weighted by molar-refractivity contribution is 5.97. The molecule has 0 aromatic heterocycles. The lowest BCUT2D eigenvalue weighted by atomic mass is 9.98. The maximum atomic E-state index is 10.2. The van der Waals surface area contributed by atoms with E-state index in [0.29, 0.717) is 0 Å². The molecule has 0 bridgehead atoms. The Morgan fingerprint density at radius 2 is 1.73 bits per heavy atom. The second kappa shape index (κ2) is 2.71. The number of carboxylic acid groups (broad SMARTS) is 2. The molecule has 62 valence electrons. The minimum absolute atomic E-state index is 0.759. The van der Waals surface area contributed by atoms with E-state index >= 15 is 0 Å². The molecule has 0 amide bonds. The molecular weight excluding hydrogens is 152 g/mol. The monoisotopic (exact) mass is 160 g/mol. The third kappa shape index (κ3) is 1.78. The first-order valence-electron chi connectivity index (χ1n) is 2.68. The minimum Gasteiger partial charge on any atom is -0.479 e. The smallest absolute Gasteiger partial charge is 0.340 e. The van der Waals surface area contributed by atoms with E-state index in [0.717, 1.165) is 6.92 Å². The summed E-state index contributed by atoms with van der Waals surface area (Å²) in [4.78, 5) is 20.3. The summed E-state index contributed by atoms with van der Waals surface area (Å²) >= 11 is 0. The molecule has 5 nitrogen and oxygen atoms in total. The first kappa shape index (κ1) is 9.64. The van der Waals surface area contributed by atoms with Crippen LogP contribution in [0.4, 0.5) is 0 Å². The van der Waals surface area contributed by atoms with Crippen molar-refractivity contribution in [3.05, 3.63) is 12.2 Å². The van der Waals surface area contributed by atoms with E-state index in [1.165, 1.54) is 0 Å². The Labute approximate surface area is 62.6 Å². The van der Waals surface area contributed by atoms with E-state index in [1.807, 2.05) is 0 Å². The number of aliphatic hydroxyl groups is 1. The van der Waals surface area contributed by atoms with Crippen LogP contribution in [-0.2, 0) is 9.59 Å². The van der Waals surface area contributed by atoms with Crippen LogP contribution in [-0.4, -0.2) is 32.9 Å². The predicted octanol–water partition coefficient (Wildman–Crippen LogP) is -0.537. The van der Waals surface area contributed by atoms with Gasteiger partial charge in [0.1, 0.15) is 0 Å². The van der Waals surface area contributed by atoms with Crippen molar-refractivity contribution in [2.24, 2.45) is 0 Å². The molecule has 0 aliphatic carbocycles. The van der Waals surface area contributed by atoms with Crippen molar-refractivity contribution in [2.75, 3.05) is 0 Å². The lowest BCUT2D eigenvalue weighted by Gasteiger charge is -2.16. The first-order valence-corrected chi connectivity index (χ1v) is 2.68. The number of aliphatic carboxylic acids is 2. The van der Waals surface area contributed by atoms with E-state index < -0.39 is 23.1 Å². The summed E-state index contributed by atoms with van der Waals surface area (Å²) in [5.41, 5.74) is -3.16. The highest BCUT2D eigenvalue weighted by Gasteiger charge is 2.37. The quantitative estimate of drug-likeness (QED) is 0.482. The molecule has 0 spiro atoms. The summed E-state index contributed by atoms with van der Waals surface area (Å²) in [5.74, 6) is -3.16. The van der Waals surface area contributed by atoms with Crippen LogP contribution in [0.3, 0.4) is 0 Å². The molecule has 0 saturated carbocycles. The van der Waals surface area contributed by atoms with Crippen molar-refractivity contribution in [1.29, 1.82) is 0 Å². The summed E-state index contributed by atoms with van der Waals surface area (Å²) in [6, 6.07) is 0. The molecule has 0 radical (unpaired) electrons. The second-order valence-electron chi connectivity index (χ2n) is 2.16.